The quantitative estimate of drug-likeness (QED) is 0.419. The van der Waals surface area contributed by atoms with Crippen LogP contribution in [-0.4, -0.2) is 39.0 Å². The summed E-state index contributed by atoms with van der Waals surface area (Å²) in [5.41, 5.74) is 0.374. The molecule has 0 bridgehead atoms. The Morgan fingerprint density at radius 1 is 1.30 bits per heavy atom. The monoisotopic (exact) mass is 422 g/mol. The fourth-order valence-electron chi connectivity index (χ4n) is 2.26. The number of nitrogens with one attached hydrogen (secondary N) is 1. The van der Waals surface area contributed by atoms with E-state index in [0.717, 1.165) is 13.0 Å². The number of thioether (sulfide) groups is 1. The number of carbonyl (C=O) groups is 2. The molecule has 0 saturated carbocycles. The Hall–Kier alpha value is -2.17. The predicted molar refractivity (Wildman–Crippen MR) is 108 cm³/mol. The second-order valence-electron chi connectivity index (χ2n) is 5.36. The van der Waals surface area contributed by atoms with Gasteiger partial charge in [0.2, 0.25) is 5.91 Å². The zero-order chi connectivity index (χ0) is 19.1. The SMILES string of the molecule is CCOC(=O)c1ccsc1NC(=O)CSc1nncn1CCc1cccs1. The number of ether oxygens (including phenoxy) is 1. The van der Waals surface area contributed by atoms with Crippen molar-refractivity contribution in [3.63, 3.8) is 0 Å². The van der Waals surface area contributed by atoms with Crippen LogP contribution >= 0.6 is 34.4 Å². The standard InChI is InChI=1S/C17H18N4O3S3/c1-2-24-16(23)13-6-9-26-15(13)19-14(22)10-27-17-20-18-11-21(17)7-5-12-4-3-8-25-12/h3-4,6,8-9,11H,2,5,7,10H2,1H3,(H,19,22). The topological polar surface area (TPSA) is 86.1 Å². The van der Waals surface area contributed by atoms with Gasteiger partial charge in [0, 0.05) is 11.4 Å². The van der Waals surface area contributed by atoms with Crippen LogP contribution in [0.1, 0.15) is 22.2 Å². The Kier molecular flexibility index (Phi) is 7.02. The number of hydrogen-bond donors (Lipinski definition) is 1. The number of nitrogens with zero attached hydrogens (tertiary/aromatic N) is 3. The van der Waals surface area contributed by atoms with Gasteiger partial charge < -0.3 is 14.6 Å². The smallest absolute Gasteiger partial charge is 0.341 e. The molecule has 0 spiro atoms. The highest BCUT2D eigenvalue weighted by Gasteiger charge is 2.16. The van der Waals surface area contributed by atoms with E-state index in [1.807, 2.05) is 10.6 Å². The zero-order valence-corrected chi connectivity index (χ0v) is 17.0. The van der Waals surface area contributed by atoms with Crippen LogP contribution in [0, 0.1) is 0 Å². The minimum atomic E-state index is -0.435. The van der Waals surface area contributed by atoms with E-state index < -0.39 is 5.97 Å². The van der Waals surface area contributed by atoms with E-state index in [2.05, 4.69) is 27.0 Å². The van der Waals surface area contributed by atoms with Crippen molar-refractivity contribution >= 4 is 51.3 Å². The van der Waals surface area contributed by atoms with Gasteiger partial charge >= 0.3 is 5.97 Å². The molecule has 0 radical (unpaired) electrons. The fraction of sp³-hybridized carbons (Fsp3) is 0.294. The maximum Gasteiger partial charge on any atom is 0.341 e. The molecule has 0 aliphatic rings. The van der Waals surface area contributed by atoms with Crippen molar-refractivity contribution in [1.82, 2.24) is 14.8 Å². The number of esters is 1. The molecular weight excluding hydrogens is 404 g/mol. The molecule has 0 saturated heterocycles. The molecule has 27 heavy (non-hydrogen) atoms. The van der Waals surface area contributed by atoms with Crippen LogP contribution in [0.2, 0.25) is 0 Å². The molecule has 0 aliphatic heterocycles. The molecular formula is C17H18N4O3S3. The van der Waals surface area contributed by atoms with Crippen molar-refractivity contribution in [1.29, 1.82) is 0 Å². The maximum atomic E-state index is 12.3. The number of amides is 1. The molecule has 10 heteroatoms. The third-order valence-corrected chi connectivity index (χ3v) is 6.25. The second-order valence-corrected chi connectivity index (χ2v) is 8.25. The van der Waals surface area contributed by atoms with Crippen molar-refractivity contribution < 1.29 is 14.3 Å². The number of rotatable bonds is 9. The lowest BCUT2D eigenvalue weighted by molar-refractivity contribution is -0.113. The molecule has 3 aromatic rings. The van der Waals surface area contributed by atoms with Gasteiger partial charge in [-0.3, -0.25) is 4.79 Å². The number of aromatic nitrogens is 3. The molecule has 1 N–H and O–H groups in total. The molecule has 3 rings (SSSR count). The first-order valence-corrected chi connectivity index (χ1v) is 11.0. The van der Waals surface area contributed by atoms with Crippen LogP contribution in [-0.2, 0) is 22.5 Å². The van der Waals surface area contributed by atoms with Crippen LogP contribution in [0.15, 0.2) is 40.4 Å². The van der Waals surface area contributed by atoms with Gasteiger partial charge in [-0.2, -0.15) is 0 Å². The summed E-state index contributed by atoms with van der Waals surface area (Å²) < 4.78 is 6.93. The maximum absolute atomic E-state index is 12.3. The van der Waals surface area contributed by atoms with Gasteiger partial charge in [0.05, 0.1) is 17.9 Å². The van der Waals surface area contributed by atoms with Gasteiger partial charge in [0.1, 0.15) is 11.3 Å². The highest BCUT2D eigenvalue weighted by molar-refractivity contribution is 7.99. The number of aryl methyl sites for hydroxylation is 2. The molecule has 0 atom stereocenters. The van der Waals surface area contributed by atoms with E-state index in [1.54, 1.807) is 36.0 Å². The molecule has 0 aliphatic carbocycles. The highest BCUT2D eigenvalue weighted by atomic mass is 32.2. The zero-order valence-electron chi connectivity index (χ0n) is 14.6. The Bertz CT molecular complexity index is 889. The van der Waals surface area contributed by atoms with Crippen molar-refractivity contribution in [3.05, 3.63) is 45.7 Å². The number of hydrogen-bond acceptors (Lipinski definition) is 8. The van der Waals surface area contributed by atoms with E-state index in [1.165, 1.54) is 28.0 Å². The summed E-state index contributed by atoms with van der Waals surface area (Å²) in [7, 11) is 0. The summed E-state index contributed by atoms with van der Waals surface area (Å²) in [6.07, 6.45) is 2.57. The fourth-order valence-corrected chi connectivity index (χ4v) is 4.49. The molecule has 3 heterocycles. The highest BCUT2D eigenvalue weighted by Crippen LogP contribution is 2.25. The normalized spacial score (nSPS) is 10.7. The molecule has 1 amide bonds. The van der Waals surface area contributed by atoms with Gasteiger partial charge in [0.25, 0.3) is 0 Å². The third kappa shape index (κ3) is 5.41. The predicted octanol–water partition coefficient (Wildman–Crippen LogP) is 3.55. The minimum absolute atomic E-state index is 0.178. The average molecular weight is 423 g/mol. The first-order chi connectivity index (χ1) is 13.2. The van der Waals surface area contributed by atoms with Gasteiger partial charge in [-0.25, -0.2) is 4.79 Å². The summed E-state index contributed by atoms with van der Waals surface area (Å²) in [6.45, 7) is 2.79. The summed E-state index contributed by atoms with van der Waals surface area (Å²) >= 11 is 4.32. The third-order valence-electron chi connectivity index (χ3n) is 3.51. The largest absolute Gasteiger partial charge is 0.462 e. The molecule has 0 fully saturated rings. The van der Waals surface area contributed by atoms with Crippen molar-refractivity contribution in [2.75, 3.05) is 17.7 Å². The average Bonchev–Trinajstić information content (AvgIpc) is 3.40. The lowest BCUT2D eigenvalue weighted by Gasteiger charge is -2.07. The van der Waals surface area contributed by atoms with Gasteiger partial charge in [-0.05, 0) is 36.2 Å². The van der Waals surface area contributed by atoms with Gasteiger partial charge in [-0.1, -0.05) is 17.8 Å². The minimum Gasteiger partial charge on any atom is -0.462 e. The molecule has 3 aromatic heterocycles. The lowest BCUT2D eigenvalue weighted by Crippen LogP contribution is -2.16. The van der Waals surface area contributed by atoms with Crippen LogP contribution in [0.4, 0.5) is 5.00 Å². The first kappa shape index (κ1) is 19.6. The van der Waals surface area contributed by atoms with Crippen LogP contribution in [0.25, 0.3) is 0 Å². The molecule has 142 valence electrons. The number of thiophene rings is 2. The second kappa shape index (κ2) is 9.67. The van der Waals surface area contributed by atoms with Crippen molar-refractivity contribution in [2.24, 2.45) is 0 Å². The van der Waals surface area contributed by atoms with E-state index in [-0.39, 0.29) is 11.7 Å². The van der Waals surface area contributed by atoms with E-state index in [0.29, 0.717) is 22.3 Å². The van der Waals surface area contributed by atoms with Gasteiger partial charge in [-0.15, -0.1) is 32.9 Å². The summed E-state index contributed by atoms with van der Waals surface area (Å²) in [4.78, 5) is 25.4. The van der Waals surface area contributed by atoms with Crippen molar-refractivity contribution in [2.45, 2.75) is 25.0 Å². The first-order valence-electron chi connectivity index (χ1n) is 8.24. The van der Waals surface area contributed by atoms with Gasteiger partial charge in [0.15, 0.2) is 5.16 Å². The van der Waals surface area contributed by atoms with E-state index in [4.69, 9.17) is 4.74 Å². The molecule has 7 nitrogen and oxygen atoms in total. The summed E-state index contributed by atoms with van der Waals surface area (Å²) in [5, 5.41) is 15.8. The Labute approximate surface area is 168 Å². The van der Waals surface area contributed by atoms with Crippen LogP contribution < -0.4 is 5.32 Å². The summed E-state index contributed by atoms with van der Waals surface area (Å²) in [5.74, 6) is -0.464. The Morgan fingerprint density at radius 3 is 2.96 bits per heavy atom. The van der Waals surface area contributed by atoms with E-state index >= 15 is 0 Å². The summed E-state index contributed by atoms with van der Waals surface area (Å²) in [6, 6.07) is 5.77. The Morgan fingerprint density at radius 2 is 2.19 bits per heavy atom. The van der Waals surface area contributed by atoms with E-state index in [9.17, 15) is 9.59 Å². The van der Waals surface area contributed by atoms with Crippen LogP contribution in [0.3, 0.4) is 0 Å². The molecule has 0 unspecified atom stereocenters. The lowest BCUT2D eigenvalue weighted by atomic mass is 10.3. The molecule has 0 aromatic carbocycles. The number of anilines is 1. The Balaban J connectivity index is 1.52. The van der Waals surface area contributed by atoms with Crippen molar-refractivity contribution in [3.8, 4) is 0 Å². The number of carbonyl (C=O) groups excluding carboxylic acids is 2. The van der Waals surface area contributed by atoms with Crippen LogP contribution in [0.5, 0.6) is 0 Å².